The molecule has 6 heteroatoms. The van der Waals surface area contributed by atoms with E-state index in [2.05, 4.69) is 21.2 Å². The Morgan fingerprint density at radius 1 is 1.44 bits per heavy atom. The predicted molar refractivity (Wildman–Crippen MR) is 71.5 cm³/mol. The number of carbonyl (C=O) groups is 2. The Kier molecular flexibility index (Phi) is 5.15. The van der Waals surface area contributed by atoms with Crippen molar-refractivity contribution in [1.29, 1.82) is 0 Å². The number of hydrogen-bond acceptors (Lipinski definition) is 3. The van der Waals surface area contributed by atoms with Crippen molar-refractivity contribution in [3.63, 3.8) is 0 Å². The third-order valence-electron chi connectivity index (χ3n) is 2.49. The smallest absolute Gasteiger partial charge is 0.257 e. The Hall–Kier alpha value is -1.56. The van der Waals surface area contributed by atoms with Gasteiger partial charge in [-0.15, -0.1) is 0 Å². The Balaban J connectivity index is 2.71. The Bertz CT molecular complexity index is 463. The molecule has 0 bridgehead atoms. The van der Waals surface area contributed by atoms with Crippen molar-refractivity contribution in [1.82, 2.24) is 10.2 Å². The first-order chi connectivity index (χ1) is 8.45. The molecule has 0 saturated carbocycles. The van der Waals surface area contributed by atoms with Crippen molar-refractivity contribution in [2.75, 3.05) is 20.6 Å². The molecule has 2 amide bonds. The van der Waals surface area contributed by atoms with Crippen molar-refractivity contribution >= 4 is 27.7 Å². The molecule has 0 aliphatic carbocycles. The molecule has 18 heavy (non-hydrogen) atoms. The number of halogens is 1. The number of hydrogen-bond donors (Lipinski definition) is 2. The van der Waals surface area contributed by atoms with E-state index in [1.165, 1.54) is 17.0 Å². The second-order valence-electron chi connectivity index (χ2n) is 3.81. The average molecular weight is 315 g/mol. The van der Waals surface area contributed by atoms with Gasteiger partial charge >= 0.3 is 0 Å². The zero-order chi connectivity index (χ0) is 13.7. The molecule has 2 N–H and O–H groups in total. The fourth-order valence-corrected chi connectivity index (χ4v) is 1.74. The standard InChI is InChI=1S/C12H15BrN2O3/c1-14-11(17)5-6-15(2)12(18)9-4-3-8(13)7-10(9)16/h3-4,7,16H,5-6H2,1-2H3,(H,14,17). The third kappa shape index (κ3) is 3.73. The number of benzene rings is 1. The Morgan fingerprint density at radius 2 is 2.11 bits per heavy atom. The normalized spacial score (nSPS) is 9.94. The van der Waals surface area contributed by atoms with E-state index in [1.54, 1.807) is 20.2 Å². The van der Waals surface area contributed by atoms with Gasteiger partial charge in [0.25, 0.3) is 5.91 Å². The van der Waals surface area contributed by atoms with Crippen LogP contribution in [0.15, 0.2) is 22.7 Å². The van der Waals surface area contributed by atoms with Gasteiger partial charge in [0.15, 0.2) is 0 Å². The summed E-state index contributed by atoms with van der Waals surface area (Å²) in [6.45, 7) is 0.300. The molecule has 0 spiro atoms. The van der Waals surface area contributed by atoms with E-state index >= 15 is 0 Å². The van der Waals surface area contributed by atoms with Crippen LogP contribution < -0.4 is 5.32 Å². The number of carbonyl (C=O) groups excluding carboxylic acids is 2. The van der Waals surface area contributed by atoms with E-state index in [4.69, 9.17) is 0 Å². The molecule has 0 radical (unpaired) electrons. The molecule has 0 aromatic heterocycles. The van der Waals surface area contributed by atoms with E-state index in [-0.39, 0.29) is 29.5 Å². The first-order valence-corrected chi connectivity index (χ1v) is 6.19. The van der Waals surface area contributed by atoms with Crippen LogP contribution in [-0.2, 0) is 4.79 Å². The van der Waals surface area contributed by atoms with Gasteiger partial charge in [0, 0.05) is 31.5 Å². The average Bonchev–Trinajstić information content (AvgIpc) is 2.34. The molecular formula is C12H15BrN2O3. The van der Waals surface area contributed by atoms with Gasteiger partial charge in [-0.05, 0) is 18.2 Å². The minimum absolute atomic E-state index is 0.0823. The van der Waals surface area contributed by atoms with Gasteiger partial charge in [0.05, 0.1) is 5.56 Å². The molecule has 1 aromatic rings. The summed E-state index contributed by atoms with van der Waals surface area (Å²) in [4.78, 5) is 24.5. The maximum atomic E-state index is 12.0. The lowest BCUT2D eigenvalue weighted by molar-refractivity contribution is -0.120. The number of amides is 2. The number of aromatic hydroxyl groups is 1. The lowest BCUT2D eigenvalue weighted by atomic mass is 10.1. The molecule has 0 aliphatic heterocycles. The van der Waals surface area contributed by atoms with Gasteiger partial charge in [0.2, 0.25) is 5.91 Å². The molecular weight excluding hydrogens is 300 g/mol. The van der Waals surface area contributed by atoms with Gasteiger partial charge in [-0.2, -0.15) is 0 Å². The van der Waals surface area contributed by atoms with Crippen molar-refractivity contribution in [3.8, 4) is 5.75 Å². The Labute approximate surface area is 114 Å². The van der Waals surface area contributed by atoms with Gasteiger partial charge in [-0.1, -0.05) is 15.9 Å². The summed E-state index contributed by atoms with van der Waals surface area (Å²) in [7, 11) is 3.14. The summed E-state index contributed by atoms with van der Waals surface area (Å²) in [6, 6.07) is 4.68. The molecule has 0 atom stereocenters. The summed E-state index contributed by atoms with van der Waals surface area (Å²) in [5.74, 6) is -0.528. The largest absolute Gasteiger partial charge is 0.507 e. The highest BCUT2D eigenvalue weighted by Gasteiger charge is 2.16. The van der Waals surface area contributed by atoms with E-state index in [0.717, 1.165) is 0 Å². The van der Waals surface area contributed by atoms with Gasteiger partial charge < -0.3 is 15.3 Å². The highest BCUT2D eigenvalue weighted by atomic mass is 79.9. The van der Waals surface area contributed by atoms with Crippen molar-refractivity contribution in [2.24, 2.45) is 0 Å². The minimum Gasteiger partial charge on any atom is -0.507 e. The second kappa shape index (κ2) is 6.39. The SMILES string of the molecule is CNC(=O)CCN(C)C(=O)c1ccc(Br)cc1O. The summed E-state index contributed by atoms with van der Waals surface area (Å²) >= 11 is 3.20. The lowest BCUT2D eigenvalue weighted by Gasteiger charge is -2.17. The van der Waals surface area contributed by atoms with Crippen LogP contribution in [0.25, 0.3) is 0 Å². The molecule has 0 unspecified atom stereocenters. The van der Waals surface area contributed by atoms with Crippen LogP contribution in [-0.4, -0.2) is 42.5 Å². The summed E-state index contributed by atoms with van der Waals surface area (Å²) in [6.07, 6.45) is 0.232. The maximum Gasteiger partial charge on any atom is 0.257 e. The second-order valence-corrected chi connectivity index (χ2v) is 4.73. The van der Waals surface area contributed by atoms with Crippen LogP contribution in [0, 0.1) is 0 Å². The number of nitrogens with zero attached hydrogens (tertiary/aromatic N) is 1. The van der Waals surface area contributed by atoms with E-state index in [0.29, 0.717) is 11.0 Å². The highest BCUT2D eigenvalue weighted by Crippen LogP contribution is 2.23. The fourth-order valence-electron chi connectivity index (χ4n) is 1.39. The van der Waals surface area contributed by atoms with Crippen LogP contribution in [0.3, 0.4) is 0 Å². The molecule has 0 fully saturated rings. The first kappa shape index (κ1) is 14.5. The summed E-state index contributed by atoms with van der Waals surface area (Å²) in [5, 5.41) is 12.2. The van der Waals surface area contributed by atoms with E-state index < -0.39 is 0 Å². The quantitative estimate of drug-likeness (QED) is 0.881. The van der Waals surface area contributed by atoms with Crippen LogP contribution in [0.1, 0.15) is 16.8 Å². The summed E-state index contributed by atoms with van der Waals surface area (Å²) < 4.78 is 0.699. The zero-order valence-corrected chi connectivity index (χ0v) is 11.8. The number of rotatable bonds is 4. The molecule has 1 aromatic carbocycles. The topological polar surface area (TPSA) is 69.6 Å². The van der Waals surface area contributed by atoms with Crippen molar-refractivity contribution < 1.29 is 14.7 Å². The molecule has 98 valence electrons. The van der Waals surface area contributed by atoms with Crippen LogP contribution in [0.2, 0.25) is 0 Å². The van der Waals surface area contributed by atoms with E-state index in [9.17, 15) is 14.7 Å². The third-order valence-corrected chi connectivity index (χ3v) is 2.98. The summed E-state index contributed by atoms with van der Waals surface area (Å²) in [5.41, 5.74) is 0.220. The van der Waals surface area contributed by atoms with Crippen LogP contribution in [0.5, 0.6) is 5.75 Å². The zero-order valence-electron chi connectivity index (χ0n) is 10.2. The predicted octanol–water partition coefficient (Wildman–Crippen LogP) is 1.36. The van der Waals surface area contributed by atoms with Gasteiger partial charge in [-0.25, -0.2) is 0 Å². The molecule has 5 nitrogen and oxygen atoms in total. The monoisotopic (exact) mass is 314 g/mol. The number of phenols is 1. The highest BCUT2D eigenvalue weighted by molar-refractivity contribution is 9.10. The van der Waals surface area contributed by atoms with Crippen LogP contribution in [0.4, 0.5) is 0 Å². The minimum atomic E-state index is -0.316. The van der Waals surface area contributed by atoms with Gasteiger partial charge in [-0.3, -0.25) is 9.59 Å². The van der Waals surface area contributed by atoms with Crippen molar-refractivity contribution in [3.05, 3.63) is 28.2 Å². The molecule has 1 rings (SSSR count). The van der Waals surface area contributed by atoms with Gasteiger partial charge in [0.1, 0.15) is 5.75 Å². The van der Waals surface area contributed by atoms with E-state index in [1.807, 2.05) is 0 Å². The molecule has 0 heterocycles. The van der Waals surface area contributed by atoms with Crippen LogP contribution >= 0.6 is 15.9 Å². The first-order valence-electron chi connectivity index (χ1n) is 5.40. The number of nitrogens with one attached hydrogen (secondary N) is 1. The maximum absolute atomic E-state index is 12.0. The molecule has 0 saturated heterocycles. The number of phenolic OH excluding ortho intramolecular Hbond substituents is 1. The molecule has 0 aliphatic rings. The lowest BCUT2D eigenvalue weighted by Crippen LogP contribution is -2.31. The Morgan fingerprint density at radius 3 is 2.67 bits per heavy atom. The van der Waals surface area contributed by atoms with Crippen molar-refractivity contribution in [2.45, 2.75) is 6.42 Å². The fraction of sp³-hybridized carbons (Fsp3) is 0.333.